The lowest BCUT2D eigenvalue weighted by molar-refractivity contribution is -0.0968. The molecule has 33 heavy (non-hydrogen) atoms. The van der Waals surface area contributed by atoms with E-state index in [1.165, 1.54) is 19.3 Å². The van der Waals surface area contributed by atoms with Gasteiger partial charge in [-0.05, 0) is 61.4 Å². The van der Waals surface area contributed by atoms with E-state index in [0.29, 0.717) is 24.7 Å². The molecule has 1 saturated heterocycles. The average Bonchev–Trinajstić information content (AvgIpc) is 3.44. The predicted octanol–water partition coefficient (Wildman–Crippen LogP) is 4.77. The number of rotatable bonds is 9. The first-order chi connectivity index (χ1) is 16.2. The van der Waals surface area contributed by atoms with Gasteiger partial charge in [0.25, 0.3) is 0 Å². The summed E-state index contributed by atoms with van der Waals surface area (Å²) in [5.41, 5.74) is 3.85. The van der Waals surface area contributed by atoms with Gasteiger partial charge in [0.2, 0.25) is 6.41 Å². The molecular weight excluding hydrogens is 418 g/mol. The third-order valence-corrected chi connectivity index (χ3v) is 6.52. The molecule has 172 valence electrons. The summed E-state index contributed by atoms with van der Waals surface area (Å²) in [6.07, 6.45) is 4.84. The molecule has 3 N–H and O–H groups in total. The SMILES string of the molecule is N#Cc1c(-c2ccc(NC(O)OCC3CCC3)cc2)[nH]c2cc(OCC3CCCO3)ccc12. The second-order valence-electron chi connectivity index (χ2n) is 8.84. The number of nitriles is 1. The molecule has 2 atom stereocenters. The fourth-order valence-corrected chi connectivity index (χ4v) is 4.37. The van der Waals surface area contributed by atoms with Crippen LogP contribution < -0.4 is 10.1 Å². The molecule has 0 bridgehead atoms. The van der Waals surface area contributed by atoms with Crippen molar-refractivity contribution >= 4 is 16.6 Å². The molecule has 1 aromatic heterocycles. The van der Waals surface area contributed by atoms with Crippen molar-refractivity contribution in [1.82, 2.24) is 4.98 Å². The van der Waals surface area contributed by atoms with Crippen molar-refractivity contribution in [3.05, 3.63) is 48.0 Å². The first-order valence-corrected chi connectivity index (χ1v) is 11.7. The third-order valence-electron chi connectivity index (χ3n) is 6.52. The van der Waals surface area contributed by atoms with E-state index in [4.69, 9.17) is 14.2 Å². The Bertz CT molecular complexity index is 1120. The lowest BCUT2D eigenvalue weighted by Crippen LogP contribution is -2.27. The Morgan fingerprint density at radius 3 is 2.67 bits per heavy atom. The number of aliphatic hydroxyl groups is 1. The zero-order valence-electron chi connectivity index (χ0n) is 18.5. The zero-order valence-corrected chi connectivity index (χ0v) is 18.5. The van der Waals surface area contributed by atoms with E-state index in [0.717, 1.165) is 53.0 Å². The average molecular weight is 448 g/mol. The van der Waals surface area contributed by atoms with Crippen LogP contribution in [0.1, 0.15) is 37.7 Å². The van der Waals surface area contributed by atoms with Crippen LogP contribution in [-0.4, -0.2) is 42.4 Å². The van der Waals surface area contributed by atoms with Crippen LogP contribution in [0.2, 0.25) is 0 Å². The monoisotopic (exact) mass is 447 g/mol. The highest BCUT2D eigenvalue weighted by Crippen LogP contribution is 2.33. The second-order valence-corrected chi connectivity index (χ2v) is 8.84. The summed E-state index contributed by atoms with van der Waals surface area (Å²) in [6.45, 7) is 1.92. The van der Waals surface area contributed by atoms with Crippen molar-refractivity contribution in [3.63, 3.8) is 0 Å². The van der Waals surface area contributed by atoms with Gasteiger partial charge < -0.3 is 29.6 Å². The number of aromatic nitrogens is 1. The Hall–Kier alpha value is -3.05. The minimum atomic E-state index is -1.03. The van der Waals surface area contributed by atoms with Crippen molar-refractivity contribution in [2.24, 2.45) is 5.92 Å². The minimum Gasteiger partial charge on any atom is -0.491 e. The molecule has 0 spiro atoms. The van der Waals surface area contributed by atoms with Gasteiger partial charge in [-0.2, -0.15) is 5.26 Å². The fourth-order valence-electron chi connectivity index (χ4n) is 4.37. The Balaban J connectivity index is 1.28. The molecule has 2 aliphatic rings. The van der Waals surface area contributed by atoms with Crippen LogP contribution in [0.25, 0.3) is 22.2 Å². The minimum absolute atomic E-state index is 0.156. The zero-order chi connectivity index (χ0) is 22.6. The highest BCUT2D eigenvalue weighted by Gasteiger charge is 2.19. The third kappa shape index (κ3) is 4.98. The summed E-state index contributed by atoms with van der Waals surface area (Å²) < 4.78 is 17.0. The predicted molar refractivity (Wildman–Crippen MR) is 126 cm³/mol. The van der Waals surface area contributed by atoms with E-state index in [-0.39, 0.29) is 6.10 Å². The summed E-state index contributed by atoms with van der Waals surface area (Å²) in [5.74, 6) is 1.32. The normalized spacial score (nSPS) is 19.2. The van der Waals surface area contributed by atoms with Gasteiger partial charge in [0, 0.05) is 23.7 Å². The van der Waals surface area contributed by atoms with E-state index in [1.807, 2.05) is 42.5 Å². The van der Waals surface area contributed by atoms with Crippen molar-refractivity contribution in [2.75, 3.05) is 25.1 Å². The molecule has 0 amide bonds. The van der Waals surface area contributed by atoms with Crippen LogP contribution in [0.3, 0.4) is 0 Å². The number of aromatic amines is 1. The van der Waals surface area contributed by atoms with Crippen molar-refractivity contribution in [1.29, 1.82) is 5.26 Å². The van der Waals surface area contributed by atoms with E-state index < -0.39 is 6.41 Å². The largest absolute Gasteiger partial charge is 0.491 e. The van der Waals surface area contributed by atoms with E-state index in [9.17, 15) is 10.4 Å². The summed E-state index contributed by atoms with van der Waals surface area (Å²) >= 11 is 0. The molecule has 0 radical (unpaired) electrons. The standard InChI is InChI=1S/C26H29N3O4/c27-14-23-22-11-10-20(32-16-21-5-2-12-31-21)13-24(22)29-25(23)18-6-8-19(9-7-18)28-26(30)33-15-17-3-1-4-17/h6-11,13,17,21,26,28-30H,1-5,12,15-16H2. The summed E-state index contributed by atoms with van der Waals surface area (Å²) in [7, 11) is 0. The first-order valence-electron chi connectivity index (χ1n) is 11.7. The van der Waals surface area contributed by atoms with Gasteiger partial charge in [-0.3, -0.25) is 0 Å². The number of aliphatic hydroxyl groups excluding tert-OH is 1. The summed E-state index contributed by atoms with van der Waals surface area (Å²) in [4.78, 5) is 3.38. The van der Waals surface area contributed by atoms with E-state index >= 15 is 0 Å². The van der Waals surface area contributed by atoms with Crippen LogP contribution >= 0.6 is 0 Å². The number of nitrogens with one attached hydrogen (secondary N) is 2. The molecule has 2 aromatic carbocycles. The number of anilines is 1. The smallest absolute Gasteiger partial charge is 0.235 e. The molecular formula is C26H29N3O4. The van der Waals surface area contributed by atoms with Crippen molar-refractivity contribution in [3.8, 4) is 23.1 Å². The molecule has 2 fully saturated rings. The molecule has 1 aliphatic carbocycles. The molecule has 2 heterocycles. The molecule has 2 unspecified atom stereocenters. The van der Waals surface area contributed by atoms with Gasteiger partial charge in [0.15, 0.2) is 0 Å². The Morgan fingerprint density at radius 1 is 1.12 bits per heavy atom. The number of fused-ring (bicyclic) bond motifs is 1. The molecule has 3 aromatic rings. The van der Waals surface area contributed by atoms with Gasteiger partial charge in [-0.15, -0.1) is 0 Å². The first kappa shape index (κ1) is 21.8. The Morgan fingerprint density at radius 2 is 1.97 bits per heavy atom. The van der Waals surface area contributed by atoms with Crippen LogP contribution in [0.4, 0.5) is 5.69 Å². The molecule has 1 aliphatic heterocycles. The van der Waals surface area contributed by atoms with Gasteiger partial charge in [-0.25, -0.2) is 0 Å². The molecule has 7 heteroatoms. The molecule has 5 rings (SSSR count). The summed E-state index contributed by atoms with van der Waals surface area (Å²) in [6, 6.07) is 15.7. The lowest BCUT2D eigenvalue weighted by atomic mass is 9.86. The Kier molecular flexibility index (Phi) is 6.49. The number of ether oxygens (including phenoxy) is 3. The number of hydrogen-bond acceptors (Lipinski definition) is 6. The number of H-pyrrole nitrogens is 1. The molecule has 7 nitrogen and oxygen atoms in total. The maximum atomic E-state index is 10.1. The quantitative estimate of drug-likeness (QED) is 0.409. The van der Waals surface area contributed by atoms with Crippen molar-refractivity contribution < 1.29 is 19.3 Å². The highest BCUT2D eigenvalue weighted by atomic mass is 16.6. The van der Waals surface area contributed by atoms with E-state index in [1.54, 1.807) is 0 Å². The number of benzene rings is 2. The van der Waals surface area contributed by atoms with Gasteiger partial charge >= 0.3 is 0 Å². The highest BCUT2D eigenvalue weighted by molar-refractivity contribution is 5.94. The van der Waals surface area contributed by atoms with Crippen LogP contribution in [0.15, 0.2) is 42.5 Å². The summed E-state index contributed by atoms with van der Waals surface area (Å²) in [5, 5.41) is 23.7. The second kappa shape index (κ2) is 9.84. The molecule has 1 saturated carbocycles. The van der Waals surface area contributed by atoms with Gasteiger partial charge in [-0.1, -0.05) is 18.6 Å². The topological polar surface area (TPSA) is 99.5 Å². The maximum Gasteiger partial charge on any atom is 0.235 e. The Labute approximate surface area is 193 Å². The maximum absolute atomic E-state index is 10.1. The van der Waals surface area contributed by atoms with Gasteiger partial charge in [0.1, 0.15) is 18.4 Å². The lowest BCUT2D eigenvalue weighted by Gasteiger charge is -2.26. The fraction of sp³-hybridized carbons (Fsp3) is 0.423. The van der Waals surface area contributed by atoms with Crippen LogP contribution in [0.5, 0.6) is 5.75 Å². The van der Waals surface area contributed by atoms with Crippen molar-refractivity contribution in [2.45, 2.75) is 44.6 Å². The number of hydrogen-bond donors (Lipinski definition) is 3. The van der Waals surface area contributed by atoms with Crippen LogP contribution in [-0.2, 0) is 9.47 Å². The van der Waals surface area contributed by atoms with E-state index in [2.05, 4.69) is 16.4 Å². The van der Waals surface area contributed by atoms with Gasteiger partial charge in [0.05, 0.1) is 29.5 Å². The number of nitrogens with zero attached hydrogens (tertiary/aromatic N) is 1. The van der Waals surface area contributed by atoms with Crippen LogP contribution in [0, 0.1) is 17.2 Å².